The van der Waals surface area contributed by atoms with Crippen molar-refractivity contribution in [1.82, 2.24) is 15.3 Å². The number of urea groups is 1. The minimum atomic E-state index is -0.870. The van der Waals surface area contributed by atoms with E-state index in [9.17, 15) is 9.59 Å². The van der Waals surface area contributed by atoms with Crippen molar-refractivity contribution in [3.8, 4) is 11.4 Å². The summed E-state index contributed by atoms with van der Waals surface area (Å²) < 4.78 is 0.966. The highest BCUT2D eigenvalue weighted by Crippen LogP contribution is 2.31. The van der Waals surface area contributed by atoms with Gasteiger partial charge in [0, 0.05) is 15.4 Å². The number of fused-ring (bicyclic) bond motifs is 1. The van der Waals surface area contributed by atoms with Gasteiger partial charge in [-0.15, -0.1) is 0 Å². The van der Waals surface area contributed by atoms with Gasteiger partial charge in [-0.05, 0) is 25.1 Å². The molecule has 0 aliphatic carbocycles. The highest BCUT2D eigenvalue weighted by atomic mass is 79.9. The van der Waals surface area contributed by atoms with Gasteiger partial charge in [-0.25, -0.2) is 14.8 Å². The molecule has 0 bridgehead atoms. The van der Waals surface area contributed by atoms with Crippen LogP contribution in [0.25, 0.3) is 22.3 Å². The molecule has 3 N–H and O–H groups in total. The van der Waals surface area contributed by atoms with Gasteiger partial charge in [0.05, 0.1) is 10.8 Å². The number of nitrogens with one attached hydrogen (secondary N) is 1. The molecule has 8 heteroatoms. The van der Waals surface area contributed by atoms with Crippen LogP contribution in [0.5, 0.6) is 0 Å². The number of benzene rings is 2. The largest absolute Gasteiger partial charge is 0.351 e. The third-order valence-corrected chi connectivity index (χ3v) is 5.21. The molecule has 1 unspecified atom stereocenters. The minimum Gasteiger partial charge on any atom is -0.351 e. The molecule has 3 amide bonds. The number of carbonyl (C=O) groups excluding carboxylic acids is 2. The van der Waals surface area contributed by atoms with Crippen LogP contribution in [-0.2, 0) is 4.79 Å². The summed E-state index contributed by atoms with van der Waals surface area (Å²) in [6.45, 7) is 1.69. The van der Waals surface area contributed by atoms with E-state index in [1.165, 1.54) is 11.8 Å². The Labute approximate surface area is 162 Å². The number of aromatic nitrogens is 2. The predicted molar refractivity (Wildman–Crippen MR) is 106 cm³/mol. The van der Waals surface area contributed by atoms with Crippen molar-refractivity contribution in [2.24, 2.45) is 5.73 Å². The Kier molecular flexibility index (Phi) is 5.53. The third kappa shape index (κ3) is 4.20. The second kappa shape index (κ2) is 7.84. The summed E-state index contributed by atoms with van der Waals surface area (Å²) in [5.41, 5.74) is 6.67. The molecular formula is C18H15BrN4O2S. The fourth-order valence-electron chi connectivity index (χ4n) is 2.31. The van der Waals surface area contributed by atoms with Crippen LogP contribution in [0.3, 0.4) is 0 Å². The summed E-state index contributed by atoms with van der Waals surface area (Å²) in [7, 11) is 0. The lowest BCUT2D eigenvalue weighted by atomic mass is 10.2. The van der Waals surface area contributed by atoms with E-state index in [-0.39, 0.29) is 0 Å². The molecule has 3 rings (SSSR count). The lowest BCUT2D eigenvalue weighted by molar-refractivity contribution is -0.119. The van der Waals surface area contributed by atoms with Crippen molar-refractivity contribution >= 4 is 50.5 Å². The number of primary amides is 1. The smallest absolute Gasteiger partial charge is 0.318 e. The van der Waals surface area contributed by atoms with E-state index in [0.717, 1.165) is 20.9 Å². The van der Waals surface area contributed by atoms with Crippen LogP contribution in [0, 0.1) is 0 Å². The molecule has 26 heavy (non-hydrogen) atoms. The van der Waals surface area contributed by atoms with Crippen molar-refractivity contribution in [3.05, 3.63) is 53.0 Å². The minimum absolute atomic E-state index is 0.463. The fourth-order valence-corrected chi connectivity index (χ4v) is 3.51. The van der Waals surface area contributed by atoms with Crippen molar-refractivity contribution < 1.29 is 9.59 Å². The number of halogens is 1. The predicted octanol–water partition coefficient (Wildman–Crippen LogP) is 3.73. The number of hydrogen-bond donors (Lipinski definition) is 2. The molecule has 0 saturated carbocycles. The number of rotatable bonds is 4. The lowest BCUT2D eigenvalue weighted by Gasteiger charge is -2.12. The average molecular weight is 431 g/mol. The number of carbonyl (C=O) groups is 2. The molecule has 132 valence electrons. The van der Waals surface area contributed by atoms with Gasteiger partial charge in [0.15, 0.2) is 5.82 Å². The fraction of sp³-hybridized carbons (Fsp3) is 0.111. The standard InChI is InChI=1S/C18H15BrN4O2S/c1-10(16(24)23-18(20)25)26-17-13-4-2-3-5-14(13)21-15(22-17)11-6-8-12(19)9-7-11/h2-10H,1H3,(H3,20,23,24,25). The Morgan fingerprint density at radius 3 is 2.50 bits per heavy atom. The topological polar surface area (TPSA) is 98.0 Å². The lowest BCUT2D eigenvalue weighted by Crippen LogP contribution is -2.39. The van der Waals surface area contributed by atoms with Crippen LogP contribution in [0.4, 0.5) is 4.79 Å². The van der Waals surface area contributed by atoms with Crippen molar-refractivity contribution in [1.29, 1.82) is 0 Å². The summed E-state index contributed by atoms with van der Waals surface area (Å²) in [5.74, 6) is 0.108. The molecule has 3 aromatic rings. The number of amides is 3. The second-order valence-corrected chi connectivity index (χ2v) is 7.74. The Balaban J connectivity index is 2.01. The average Bonchev–Trinajstić information content (AvgIpc) is 2.61. The van der Waals surface area contributed by atoms with Gasteiger partial charge < -0.3 is 5.73 Å². The van der Waals surface area contributed by atoms with Crippen LogP contribution < -0.4 is 11.1 Å². The number of hydrogen-bond acceptors (Lipinski definition) is 5. The molecule has 0 spiro atoms. The summed E-state index contributed by atoms with van der Waals surface area (Å²) in [6, 6.07) is 14.4. The maximum absolute atomic E-state index is 12.0. The number of thioether (sulfide) groups is 1. The Morgan fingerprint density at radius 2 is 1.81 bits per heavy atom. The van der Waals surface area contributed by atoms with Gasteiger partial charge in [-0.1, -0.05) is 58.0 Å². The SMILES string of the molecule is CC(Sc1nc(-c2ccc(Br)cc2)nc2ccccc12)C(=O)NC(N)=O. The number of nitrogens with zero attached hydrogens (tertiary/aromatic N) is 2. The van der Waals surface area contributed by atoms with Gasteiger partial charge in [0.1, 0.15) is 5.03 Å². The van der Waals surface area contributed by atoms with Gasteiger partial charge in [0.25, 0.3) is 0 Å². The first-order chi connectivity index (χ1) is 12.4. The maximum Gasteiger partial charge on any atom is 0.318 e. The first-order valence-electron chi connectivity index (χ1n) is 7.73. The number of para-hydroxylation sites is 1. The van der Waals surface area contributed by atoms with Crippen LogP contribution in [0.15, 0.2) is 58.0 Å². The molecule has 0 aliphatic heterocycles. The molecule has 1 heterocycles. The molecule has 0 saturated heterocycles. The van der Waals surface area contributed by atoms with Gasteiger partial charge in [0.2, 0.25) is 5.91 Å². The summed E-state index contributed by atoms with van der Waals surface area (Å²) in [6.07, 6.45) is 0. The van der Waals surface area contributed by atoms with E-state index >= 15 is 0 Å². The first kappa shape index (κ1) is 18.3. The van der Waals surface area contributed by atoms with Crippen LogP contribution >= 0.6 is 27.7 Å². The van der Waals surface area contributed by atoms with Crippen LogP contribution in [-0.4, -0.2) is 27.2 Å². The monoisotopic (exact) mass is 430 g/mol. The van der Waals surface area contributed by atoms with Gasteiger partial charge >= 0.3 is 6.03 Å². The summed E-state index contributed by atoms with van der Waals surface area (Å²) >= 11 is 4.67. The van der Waals surface area contributed by atoms with Crippen LogP contribution in [0.2, 0.25) is 0 Å². The number of nitrogens with two attached hydrogens (primary N) is 1. The summed E-state index contributed by atoms with van der Waals surface area (Å²) in [4.78, 5) is 32.2. The zero-order valence-corrected chi connectivity index (χ0v) is 16.2. The molecule has 1 atom stereocenters. The molecule has 0 aliphatic rings. The van der Waals surface area contributed by atoms with Crippen molar-refractivity contribution in [3.63, 3.8) is 0 Å². The van der Waals surface area contributed by atoms with Gasteiger partial charge in [-0.2, -0.15) is 0 Å². The highest BCUT2D eigenvalue weighted by molar-refractivity contribution is 9.10. The third-order valence-electron chi connectivity index (χ3n) is 3.57. The van der Waals surface area contributed by atoms with E-state index in [0.29, 0.717) is 10.9 Å². The zero-order valence-electron chi connectivity index (χ0n) is 13.8. The Bertz CT molecular complexity index is 979. The van der Waals surface area contributed by atoms with Crippen LogP contribution in [0.1, 0.15) is 6.92 Å². The Morgan fingerprint density at radius 1 is 1.12 bits per heavy atom. The molecule has 2 aromatic carbocycles. The normalized spacial score (nSPS) is 11.9. The molecular weight excluding hydrogens is 416 g/mol. The van der Waals surface area contributed by atoms with E-state index in [1.54, 1.807) is 6.92 Å². The quantitative estimate of drug-likeness (QED) is 0.485. The molecule has 0 radical (unpaired) electrons. The molecule has 0 fully saturated rings. The molecule has 1 aromatic heterocycles. The highest BCUT2D eigenvalue weighted by Gasteiger charge is 2.19. The van der Waals surface area contributed by atoms with E-state index < -0.39 is 17.2 Å². The van der Waals surface area contributed by atoms with Gasteiger partial charge in [-0.3, -0.25) is 10.1 Å². The first-order valence-corrected chi connectivity index (χ1v) is 9.41. The molecule has 6 nitrogen and oxygen atoms in total. The zero-order chi connectivity index (χ0) is 18.7. The van der Waals surface area contributed by atoms with Crippen molar-refractivity contribution in [2.45, 2.75) is 17.2 Å². The van der Waals surface area contributed by atoms with E-state index in [4.69, 9.17) is 5.73 Å². The Hall–Kier alpha value is -2.45. The maximum atomic E-state index is 12.0. The van der Waals surface area contributed by atoms with E-state index in [1.807, 2.05) is 48.5 Å². The van der Waals surface area contributed by atoms with E-state index in [2.05, 4.69) is 31.2 Å². The second-order valence-electron chi connectivity index (χ2n) is 5.49. The summed E-state index contributed by atoms with van der Waals surface area (Å²) in [5, 5.41) is 3.06. The number of imide groups is 1. The van der Waals surface area contributed by atoms with Crippen molar-refractivity contribution in [2.75, 3.05) is 0 Å².